The minimum atomic E-state index is -6.09. The number of benzene rings is 2. The van der Waals surface area contributed by atoms with Gasteiger partial charge in [-0.05, 0) is 30.0 Å². The molecule has 2 aromatic carbocycles. The second-order valence-electron chi connectivity index (χ2n) is 9.95. The summed E-state index contributed by atoms with van der Waals surface area (Å²) in [6.07, 6.45) is -11.1. The highest BCUT2D eigenvalue weighted by molar-refractivity contribution is 7.88. The van der Waals surface area contributed by atoms with E-state index in [4.69, 9.17) is 0 Å². The highest BCUT2D eigenvalue weighted by atomic mass is 32.2. The smallest absolute Gasteiger partial charge is 0.369 e. The van der Waals surface area contributed by atoms with Crippen LogP contribution < -0.4 is 0 Å². The van der Waals surface area contributed by atoms with E-state index in [2.05, 4.69) is 0 Å². The van der Waals surface area contributed by atoms with Gasteiger partial charge >= 0.3 is 12.4 Å². The number of nitrogens with zero attached hydrogens (tertiary/aromatic N) is 2. The molecule has 0 aromatic heterocycles. The number of alkyl halides is 6. The molecule has 39 heavy (non-hydrogen) atoms. The zero-order valence-corrected chi connectivity index (χ0v) is 22.3. The molecule has 2 aromatic rings. The monoisotopic (exact) mass is 588 g/mol. The Bertz CT molecular complexity index is 1320. The number of halogens is 8. The fourth-order valence-corrected chi connectivity index (χ4v) is 5.57. The number of sulfonamides is 1. The van der Waals surface area contributed by atoms with Crippen LogP contribution in [-0.2, 0) is 22.2 Å². The summed E-state index contributed by atoms with van der Waals surface area (Å²) in [7, 11) is -3.39. The van der Waals surface area contributed by atoms with Gasteiger partial charge in [-0.25, -0.2) is 17.2 Å². The van der Waals surface area contributed by atoms with Crippen molar-refractivity contribution in [3.05, 3.63) is 58.2 Å². The minimum absolute atomic E-state index is 0.0226. The molecule has 0 bridgehead atoms. The van der Waals surface area contributed by atoms with Crippen LogP contribution in [0.4, 0.5) is 35.1 Å². The van der Waals surface area contributed by atoms with Crippen LogP contribution in [0.2, 0.25) is 0 Å². The average molecular weight is 589 g/mol. The number of aliphatic hydroxyl groups is 1. The van der Waals surface area contributed by atoms with Gasteiger partial charge in [0.1, 0.15) is 11.6 Å². The Hall–Kier alpha value is -2.29. The van der Waals surface area contributed by atoms with Crippen LogP contribution >= 0.6 is 0 Å². The molecule has 0 spiro atoms. The molecule has 0 aliphatic carbocycles. The first-order chi connectivity index (χ1) is 17.7. The Balaban J connectivity index is 2.05. The molecule has 1 aliphatic rings. The molecule has 1 heterocycles. The third-order valence-corrected chi connectivity index (χ3v) is 8.14. The first kappa shape index (κ1) is 31.2. The summed E-state index contributed by atoms with van der Waals surface area (Å²) in [6.45, 7) is 5.11. The maximum atomic E-state index is 15.7. The summed E-state index contributed by atoms with van der Waals surface area (Å²) < 4.78 is 136. The van der Waals surface area contributed by atoms with Gasteiger partial charge in [-0.3, -0.25) is 4.90 Å². The zero-order chi connectivity index (χ0) is 29.7. The van der Waals surface area contributed by atoms with Gasteiger partial charge in [-0.1, -0.05) is 32.0 Å². The normalized spacial score (nSPS) is 16.8. The number of piperazine rings is 1. The zero-order valence-electron chi connectivity index (χ0n) is 21.5. The van der Waals surface area contributed by atoms with Crippen LogP contribution in [0, 0.1) is 18.6 Å². The first-order valence-corrected chi connectivity index (χ1v) is 13.7. The van der Waals surface area contributed by atoms with Crippen LogP contribution in [-0.4, -0.2) is 67.5 Å². The molecule has 0 unspecified atom stereocenters. The van der Waals surface area contributed by atoms with Crippen LogP contribution in [0.25, 0.3) is 11.1 Å². The van der Waals surface area contributed by atoms with Crippen LogP contribution in [0.5, 0.6) is 0 Å². The maximum absolute atomic E-state index is 15.7. The lowest BCUT2D eigenvalue weighted by Gasteiger charge is -2.33. The number of aryl methyl sites for hydroxylation is 1. The van der Waals surface area contributed by atoms with Crippen molar-refractivity contribution >= 4 is 10.0 Å². The van der Waals surface area contributed by atoms with Gasteiger partial charge in [0.05, 0.1) is 6.26 Å². The van der Waals surface area contributed by atoms with Crippen molar-refractivity contribution in [3.63, 3.8) is 0 Å². The predicted octanol–water partition coefficient (Wildman–Crippen LogP) is 5.45. The summed E-state index contributed by atoms with van der Waals surface area (Å²) >= 11 is 0. The molecule has 1 aliphatic heterocycles. The molecule has 1 fully saturated rings. The summed E-state index contributed by atoms with van der Waals surface area (Å²) in [5.74, 6) is -2.34. The molecule has 218 valence electrons. The van der Waals surface area contributed by atoms with Crippen LogP contribution in [0.3, 0.4) is 0 Å². The number of rotatable bonds is 6. The molecule has 1 saturated heterocycles. The van der Waals surface area contributed by atoms with Crippen molar-refractivity contribution in [1.29, 1.82) is 0 Å². The lowest BCUT2D eigenvalue weighted by Crippen LogP contribution is -2.53. The Labute approximate surface area is 221 Å². The van der Waals surface area contributed by atoms with Gasteiger partial charge in [0.15, 0.2) is 0 Å². The topological polar surface area (TPSA) is 60.9 Å². The summed E-state index contributed by atoms with van der Waals surface area (Å²) in [6, 6.07) is 2.60. The van der Waals surface area contributed by atoms with E-state index in [-0.39, 0.29) is 60.5 Å². The van der Waals surface area contributed by atoms with Crippen molar-refractivity contribution < 1.29 is 48.6 Å². The summed E-state index contributed by atoms with van der Waals surface area (Å²) in [4.78, 5) is 1.75. The van der Waals surface area contributed by atoms with Crippen molar-refractivity contribution in [3.8, 4) is 11.1 Å². The average Bonchev–Trinajstić information content (AvgIpc) is 2.78. The largest absolute Gasteiger partial charge is 0.430 e. The molecule has 0 radical (unpaired) electrons. The molecule has 3 rings (SSSR count). The summed E-state index contributed by atoms with van der Waals surface area (Å²) in [5, 5.41) is 9.71. The highest BCUT2D eigenvalue weighted by Gasteiger charge is 2.71. The summed E-state index contributed by atoms with van der Waals surface area (Å²) in [5.41, 5.74) is -7.45. The van der Waals surface area contributed by atoms with E-state index in [9.17, 15) is 39.9 Å². The van der Waals surface area contributed by atoms with E-state index in [0.717, 1.165) is 25.3 Å². The lowest BCUT2D eigenvalue weighted by atomic mass is 9.84. The van der Waals surface area contributed by atoms with Gasteiger partial charge < -0.3 is 5.11 Å². The molecule has 1 N–H and O–H groups in total. The van der Waals surface area contributed by atoms with Crippen molar-refractivity contribution in [2.45, 2.75) is 51.2 Å². The minimum Gasteiger partial charge on any atom is -0.369 e. The molecule has 0 amide bonds. The van der Waals surface area contributed by atoms with Crippen molar-refractivity contribution in [1.82, 2.24) is 9.21 Å². The van der Waals surface area contributed by atoms with E-state index >= 15 is 8.78 Å². The van der Waals surface area contributed by atoms with Crippen LogP contribution in [0.15, 0.2) is 24.3 Å². The fraction of sp³-hybridized carbons (Fsp3) is 0.520. The maximum Gasteiger partial charge on any atom is 0.430 e. The molecule has 5 nitrogen and oxygen atoms in total. The third-order valence-electron chi connectivity index (χ3n) is 6.83. The van der Waals surface area contributed by atoms with Gasteiger partial charge in [-0.2, -0.15) is 30.6 Å². The van der Waals surface area contributed by atoms with Gasteiger partial charge in [0.25, 0.3) is 5.60 Å². The molecular weight excluding hydrogens is 560 g/mol. The Kier molecular flexibility index (Phi) is 8.49. The van der Waals surface area contributed by atoms with Crippen molar-refractivity contribution in [2.75, 3.05) is 32.4 Å². The highest BCUT2D eigenvalue weighted by Crippen LogP contribution is 2.51. The molecule has 0 saturated carbocycles. The number of hydrogen-bond acceptors (Lipinski definition) is 4. The standard InChI is InChI=1S/C25H28F8N2O3S/c1-14(2)20-21(18-6-5-17(11-15(18)3)23(36,24(28,29)30)25(31,32)33)19(26)12-16(22(20)27)13-34-7-9-35(10-8-34)39(4,37)38/h5-6,11-12,14,36H,7-10,13H2,1-4H3. The number of hydrogen-bond donors (Lipinski definition) is 1. The van der Waals surface area contributed by atoms with Gasteiger partial charge in [0, 0.05) is 55.0 Å². The van der Waals surface area contributed by atoms with E-state index < -0.39 is 51.1 Å². The Morgan fingerprint density at radius 2 is 1.49 bits per heavy atom. The first-order valence-electron chi connectivity index (χ1n) is 11.9. The van der Waals surface area contributed by atoms with Gasteiger partial charge in [-0.15, -0.1) is 0 Å². The SMILES string of the molecule is Cc1cc(C(O)(C(F)(F)F)C(F)(F)F)ccc1-c1c(F)cc(CN2CCN(S(C)(=O)=O)CC2)c(F)c1C(C)C. The second kappa shape index (κ2) is 10.6. The molecule has 0 atom stereocenters. The third kappa shape index (κ3) is 5.93. The van der Waals surface area contributed by atoms with E-state index in [1.165, 1.54) is 4.31 Å². The van der Waals surface area contributed by atoms with E-state index in [1.807, 2.05) is 0 Å². The molecule has 14 heteroatoms. The van der Waals surface area contributed by atoms with Gasteiger partial charge in [0.2, 0.25) is 10.0 Å². The lowest BCUT2D eigenvalue weighted by molar-refractivity contribution is -0.376. The second-order valence-corrected chi connectivity index (χ2v) is 11.9. The Morgan fingerprint density at radius 3 is 1.92 bits per heavy atom. The fourth-order valence-electron chi connectivity index (χ4n) is 4.75. The van der Waals surface area contributed by atoms with E-state index in [1.54, 1.807) is 18.7 Å². The van der Waals surface area contributed by atoms with E-state index in [0.29, 0.717) is 12.1 Å². The van der Waals surface area contributed by atoms with Crippen LogP contribution in [0.1, 0.15) is 42.0 Å². The predicted molar refractivity (Wildman–Crippen MR) is 128 cm³/mol. The molecular formula is C25H28F8N2O3S. The quantitative estimate of drug-likeness (QED) is 0.456. The Morgan fingerprint density at radius 1 is 0.949 bits per heavy atom. The van der Waals surface area contributed by atoms with Crippen molar-refractivity contribution in [2.24, 2.45) is 0 Å².